The van der Waals surface area contributed by atoms with Crippen molar-refractivity contribution < 1.29 is 46.8 Å². The molecule has 2 fully saturated rings. The van der Waals surface area contributed by atoms with Crippen LogP contribution in [0.4, 0.5) is 52.8 Å². The van der Waals surface area contributed by atoms with Gasteiger partial charge in [0.05, 0.1) is 49.9 Å². The Labute approximate surface area is 385 Å². The van der Waals surface area contributed by atoms with Crippen molar-refractivity contribution in [1.82, 2.24) is 19.9 Å². The third-order valence-electron chi connectivity index (χ3n) is 11.8. The highest BCUT2D eigenvalue weighted by Gasteiger charge is 2.33. The average molecular weight is 929 g/mol. The minimum absolute atomic E-state index is 0.0598. The first-order valence-electron chi connectivity index (χ1n) is 21.3. The molecule has 4 atom stereocenters. The fourth-order valence-electron chi connectivity index (χ4n) is 8.19. The van der Waals surface area contributed by atoms with Gasteiger partial charge in [0.1, 0.15) is 60.3 Å². The molecule has 4 aliphatic rings. The summed E-state index contributed by atoms with van der Waals surface area (Å²) in [4.78, 5) is 41.5. The third-order valence-corrected chi connectivity index (χ3v) is 11.8. The molecule has 0 aliphatic carbocycles. The van der Waals surface area contributed by atoms with E-state index in [2.05, 4.69) is 53.3 Å². The topological polar surface area (TPSA) is 289 Å². The number of nitrogens with one attached hydrogen (secondary N) is 4. The molecule has 2 aromatic carbocycles. The van der Waals surface area contributed by atoms with Crippen LogP contribution in [-0.2, 0) is 18.9 Å². The number of nitrogen functional groups attached to an aromatic ring is 2. The summed E-state index contributed by atoms with van der Waals surface area (Å²) >= 11 is 0. The molecule has 22 heteroatoms. The molecule has 8 N–H and O–H groups in total. The predicted molar refractivity (Wildman–Crippen MR) is 244 cm³/mol. The molecule has 0 saturated carbocycles. The van der Waals surface area contributed by atoms with E-state index in [-0.39, 0.29) is 60.6 Å². The van der Waals surface area contributed by atoms with Crippen LogP contribution in [-0.4, -0.2) is 97.1 Å². The van der Waals surface area contributed by atoms with Crippen LogP contribution in [0.25, 0.3) is 43.8 Å². The van der Waals surface area contributed by atoms with Gasteiger partial charge in [-0.1, -0.05) is 0 Å². The maximum Gasteiger partial charge on any atom is 0.413 e. The molecule has 0 spiro atoms. The number of nitrogens with zero attached hydrogens (tertiary/aromatic N) is 6. The second-order valence-corrected chi connectivity index (χ2v) is 16.1. The standard InChI is InChI=1S/2C23H21FN6O4/c2*1-11-15(7-29-22-21(11)27-2-3-33-22)14-4-12-5-18(28-8-16(12)20(26)19(14)24)30-23(31)34-17-10-32-9-13(17)6-25/h2*4-5,7-8,13,17,27H,2-3,9-10,26H2,1H3,(H,28,30,31)/t2*13-,17-/m10/s1. The van der Waals surface area contributed by atoms with Crippen LogP contribution in [0.5, 0.6) is 11.8 Å². The van der Waals surface area contributed by atoms with Gasteiger partial charge in [-0.05, 0) is 60.0 Å². The maximum atomic E-state index is 15.3. The molecule has 8 heterocycles. The largest absolute Gasteiger partial charge is 0.474 e. The van der Waals surface area contributed by atoms with Crippen LogP contribution >= 0.6 is 0 Å². The zero-order chi connectivity index (χ0) is 47.6. The number of carbonyl (C=O) groups is 2. The Hall–Kier alpha value is -8.34. The van der Waals surface area contributed by atoms with E-state index in [1.807, 2.05) is 13.8 Å². The van der Waals surface area contributed by atoms with E-state index in [0.29, 0.717) is 82.1 Å². The van der Waals surface area contributed by atoms with Crippen LogP contribution in [0.2, 0.25) is 0 Å². The number of anilines is 6. The van der Waals surface area contributed by atoms with Crippen molar-refractivity contribution in [1.29, 1.82) is 10.5 Å². The van der Waals surface area contributed by atoms with E-state index in [1.165, 1.54) is 12.4 Å². The van der Waals surface area contributed by atoms with Gasteiger partial charge in [0.15, 0.2) is 11.6 Å². The van der Waals surface area contributed by atoms with Gasteiger partial charge in [-0.25, -0.2) is 38.3 Å². The zero-order valence-corrected chi connectivity index (χ0v) is 36.4. The molecule has 0 bridgehead atoms. The monoisotopic (exact) mass is 928 g/mol. The predicted octanol–water partition coefficient (Wildman–Crippen LogP) is 6.44. The number of nitrogens with two attached hydrogens (primary N) is 2. The number of fused-ring (bicyclic) bond motifs is 4. The Kier molecular flexibility index (Phi) is 12.4. The SMILES string of the molecule is Cc1c(-c2cc3cc(NC(=O)O[C@@H]4COC[C@H]4C#N)ncc3c(N)c2F)cnc2c1NCCO2.Cc1c(-c2cc3cc(NC(=O)O[C@H]4COC[C@@H]4C#N)ncc3c(N)c2F)cnc2c1NCCO2. The van der Waals surface area contributed by atoms with Crippen molar-refractivity contribution in [3.05, 3.63) is 71.8 Å². The van der Waals surface area contributed by atoms with E-state index in [1.54, 1.807) is 36.7 Å². The lowest BCUT2D eigenvalue weighted by atomic mass is 9.97. The number of carbonyl (C=O) groups excluding carboxylic acids is 2. The Morgan fingerprint density at radius 3 is 1.50 bits per heavy atom. The van der Waals surface area contributed by atoms with Gasteiger partial charge >= 0.3 is 12.2 Å². The smallest absolute Gasteiger partial charge is 0.413 e. The first-order chi connectivity index (χ1) is 32.9. The van der Waals surface area contributed by atoms with Crippen LogP contribution in [0, 0.1) is 60.0 Å². The first-order valence-corrected chi connectivity index (χ1v) is 21.3. The lowest BCUT2D eigenvalue weighted by Crippen LogP contribution is -2.27. The summed E-state index contributed by atoms with van der Waals surface area (Å²) in [5, 5.41) is 31.7. The normalized spacial score (nSPS) is 19.0. The van der Waals surface area contributed by atoms with E-state index >= 15 is 8.78 Å². The first kappa shape index (κ1) is 44.8. The molecule has 348 valence electrons. The van der Waals surface area contributed by atoms with E-state index in [0.717, 1.165) is 11.1 Å². The van der Waals surface area contributed by atoms with Gasteiger partial charge in [-0.2, -0.15) is 10.5 Å². The van der Waals surface area contributed by atoms with Crippen molar-refractivity contribution in [2.45, 2.75) is 26.1 Å². The highest BCUT2D eigenvalue weighted by Crippen LogP contribution is 2.41. The highest BCUT2D eigenvalue weighted by molar-refractivity contribution is 6.01. The molecule has 10 rings (SSSR count). The molecule has 0 unspecified atom stereocenters. The average Bonchev–Trinajstić information content (AvgIpc) is 4.00. The van der Waals surface area contributed by atoms with Crippen molar-refractivity contribution in [3.63, 3.8) is 0 Å². The Morgan fingerprint density at radius 1 is 0.662 bits per heavy atom. The number of nitriles is 2. The third kappa shape index (κ3) is 8.72. The Balaban J connectivity index is 0.000000170. The Morgan fingerprint density at radius 2 is 1.09 bits per heavy atom. The summed E-state index contributed by atoms with van der Waals surface area (Å²) < 4.78 is 62.6. The molecule has 4 aliphatic heterocycles. The van der Waals surface area contributed by atoms with Crippen molar-refractivity contribution in [2.75, 3.05) is 85.5 Å². The van der Waals surface area contributed by atoms with Gasteiger partial charge in [-0.3, -0.25) is 10.6 Å². The quantitative estimate of drug-likeness (QED) is 0.0980. The van der Waals surface area contributed by atoms with Gasteiger partial charge < -0.3 is 50.5 Å². The van der Waals surface area contributed by atoms with Gasteiger partial charge in [-0.15, -0.1) is 0 Å². The summed E-state index contributed by atoms with van der Waals surface area (Å²) in [6.07, 6.45) is 3.04. The molecule has 4 aromatic heterocycles. The number of aromatic nitrogens is 4. The van der Waals surface area contributed by atoms with Crippen LogP contribution in [0.1, 0.15) is 11.1 Å². The second-order valence-electron chi connectivity index (χ2n) is 16.1. The number of benzene rings is 2. The lowest BCUT2D eigenvalue weighted by molar-refractivity contribution is 0.0874. The molecule has 2 saturated heterocycles. The van der Waals surface area contributed by atoms with E-state index < -0.39 is 47.9 Å². The molecular weight excluding hydrogens is 887 g/mol. The molecule has 20 nitrogen and oxygen atoms in total. The minimum atomic E-state index is -0.765. The van der Waals surface area contributed by atoms with Gasteiger partial charge in [0.25, 0.3) is 0 Å². The highest BCUT2D eigenvalue weighted by atomic mass is 19.1. The number of rotatable bonds is 6. The minimum Gasteiger partial charge on any atom is -0.474 e. The number of hydrogen-bond donors (Lipinski definition) is 6. The fourth-order valence-corrected chi connectivity index (χ4v) is 8.19. The number of hydrogen-bond acceptors (Lipinski definition) is 18. The summed E-state index contributed by atoms with van der Waals surface area (Å²) in [5.74, 6) is -0.874. The molecule has 68 heavy (non-hydrogen) atoms. The Bertz CT molecular complexity index is 2890. The molecule has 6 aromatic rings. The van der Waals surface area contributed by atoms with Gasteiger partial charge in [0.2, 0.25) is 11.8 Å². The molecule has 2 amide bonds. The number of pyridine rings is 4. The van der Waals surface area contributed by atoms with E-state index in [4.69, 9.17) is 50.4 Å². The maximum absolute atomic E-state index is 15.3. The van der Waals surface area contributed by atoms with Crippen LogP contribution in [0.15, 0.2) is 49.1 Å². The second kappa shape index (κ2) is 18.9. The summed E-state index contributed by atoms with van der Waals surface area (Å²) in [7, 11) is 0. The fraction of sp³-hybridized carbons (Fsp3) is 0.304. The number of halogens is 2. The van der Waals surface area contributed by atoms with Crippen molar-refractivity contribution in [2.24, 2.45) is 11.8 Å². The number of ether oxygens (including phenoxy) is 6. The van der Waals surface area contributed by atoms with Crippen molar-refractivity contribution >= 4 is 68.1 Å². The summed E-state index contributed by atoms with van der Waals surface area (Å²) in [5.41, 5.74) is 16.8. The van der Waals surface area contributed by atoms with Gasteiger partial charge in [0, 0.05) is 70.9 Å². The number of amides is 2. The lowest BCUT2D eigenvalue weighted by Gasteiger charge is -2.22. The zero-order valence-electron chi connectivity index (χ0n) is 36.4. The van der Waals surface area contributed by atoms with Crippen LogP contribution < -0.4 is 42.2 Å². The van der Waals surface area contributed by atoms with E-state index in [9.17, 15) is 9.59 Å². The molecule has 0 radical (unpaired) electrons. The van der Waals surface area contributed by atoms with Crippen molar-refractivity contribution in [3.8, 4) is 46.2 Å². The summed E-state index contributed by atoms with van der Waals surface area (Å²) in [6, 6.07) is 10.5. The van der Waals surface area contributed by atoms with Crippen LogP contribution in [0.3, 0.4) is 0 Å². The summed E-state index contributed by atoms with van der Waals surface area (Å²) in [6.45, 7) is 6.72. The molecular formula is C46H42F2N12O8.